The van der Waals surface area contributed by atoms with Gasteiger partial charge in [-0.2, -0.15) is 0 Å². The summed E-state index contributed by atoms with van der Waals surface area (Å²) in [5, 5.41) is 6.17. The van der Waals surface area contributed by atoms with E-state index in [1.807, 2.05) is 6.92 Å². The summed E-state index contributed by atoms with van der Waals surface area (Å²) in [6, 6.07) is 6.56. The second-order valence-corrected chi connectivity index (χ2v) is 7.69. The van der Waals surface area contributed by atoms with Crippen molar-refractivity contribution in [2.24, 2.45) is 0 Å². The summed E-state index contributed by atoms with van der Waals surface area (Å²) in [5.41, 5.74) is 0.866. The second-order valence-electron chi connectivity index (χ2n) is 5.85. The molecule has 1 aromatic carbocycles. The standard InChI is InChI=1S/C16H26N4O3S/c1-2-12-24(22,23)19-15-5-3-4-14(13-15)16(21)18-8-11-20-9-6-17-7-10-20/h3-5,13,17,19H,2,6-12H2,1H3,(H,18,21). The van der Waals surface area contributed by atoms with Crippen LogP contribution in [0.3, 0.4) is 0 Å². The Kier molecular flexibility index (Phi) is 7.01. The molecule has 0 unspecified atom stereocenters. The third kappa shape index (κ3) is 6.10. The van der Waals surface area contributed by atoms with Crippen molar-refractivity contribution in [2.75, 3.05) is 49.7 Å². The smallest absolute Gasteiger partial charge is 0.251 e. The van der Waals surface area contributed by atoms with E-state index in [-0.39, 0.29) is 11.7 Å². The average molecular weight is 354 g/mol. The number of carbonyl (C=O) groups excluding carboxylic acids is 1. The van der Waals surface area contributed by atoms with Gasteiger partial charge in [-0.1, -0.05) is 13.0 Å². The number of piperazine rings is 1. The summed E-state index contributed by atoms with van der Waals surface area (Å²) >= 11 is 0. The lowest BCUT2D eigenvalue weighted by atomic mass is 10.2. The molecule has 0 spiro atoms. The van der Waals surface area contributed by atoms with Crippen molar-refractivity contribution in [3.8, 4) is 0 Å². The fraction of sp³-hybridized carbons (Fsp3) is 0.562. The van der Waals surface area contributed by atoms with E-state index in [4.69, 9.17) is 0 Å². The lowest BCUT2D eigenvalue weighted by Crippen LogP contribution is -2.46. The Morgan fingerprint density at radius 1 is 1.29 bits per heavy atom. The Labute approximate surface area is 143 Å². The van der Waals surface area contributed by atoms with Crippen LogP contribution >= 0.6 is 0 Å². The van der Waals surface area contributed by atoms with Crippen molar-refractivity contribution < 1.29 is 13.2 Å². The minimum absolute atomic E-state index is 0.0636. The van der Waals surface area contributed by atoms with Crippen LogP contribution in [0.2, 0.25) is 0 Å². The first-order chi connectivity index (χ1) is 11.5. The molecule has 0 bridgehead atoms. The Morgan fingerprint density at radius 2 is 2.04 bits per heavy atom. The third-order valence-corrected chi connectivity index (χ3v) is 5.29. The van der Waals surface area contributed by atoms with Crippen LogP contribution in [-0.4, -0.2) is 64.2 Å². The molecule has 7 nitrogen and oxygen atoms in total. The lowest BCUT2D eigenvalue weighted by molar-refractivity contribution is 0.0947. The summed E-state index contributed by atoms with van der Waals surface area (Å²) in [6.45, 7) is 7.14. The molecular weight excluding hydrogens is 328 g/mol. The zero-order valence-electron chi connectivity index (χ0n) is 14.0. The molecule has 2 rings (SSSR count). The van der Waals surface area contributed by atoms with Gasteiger partial charge in [0, 0.05) is 50.5 Å². The van der Waals surface area contributed by atoms with Crippen molar-refractivity contribution >= 4 is 21.6 Å². The van der Waals surface area contributed by atoms with Gasteiger partial charge in [-0.3, -0.25) is 14.4 Å². The van der Waals surface area contributed by atoms with Crippen LogP contribution in [0.1, 0.15) is 23.7 Å². The summed E-state index contributed by atoms with van der Waals surface area (Å²) in [5.74, 6) is -0.129. The maximum Gasteiger partial charge on any atom is 0.251 e. The highest BCUT2D eigenvalue weighted by atomic mass is 32.2. The van der Waals surface area contributed by atoms with Gasteiger partial charge in [-0.05, 0) is 24.6 Å². The zero-order valence-corrected chi connectivity index (χ0v) is 14.9. The Hall–Kier alpha value is -1.64. The van der Waals surface area contributed by atoms with Crippen LogP contribution in [0.25, 0.3) is 0 Å². The van der Waals surface area contributed by atoms with Crippen LogP contribution in [0.15, 0.2) is 24.3 Å². The first kappa shape index (κ1) is 18.7. The summed E-state index contributed by atoms with van der Waals surface area (Å²) in [4.78, 5) is 14.5. The molecule has 1 aromatic rings. The van der Waals surface area contributed by atoms with Crippen molar-refractivity contribution in [3.05, 3.63) is 29.8 Å². The van der Waals surface area contributed by atoms with Gasteiger partial charge in [0.1, 0.15) is 0 Å². The van der Waals surface area contributed by atoms with E-state index in [0.29, 0.717) is 24.2 Å². The highest BCUT2D eigenvalue weighted by Crippen LogP contribution is 2.13. The zero-order chi connectivity index (χ0) is 17.4. The molecule has 134 valence electrons. The van der Waals surface area contributed by atoms with Crippen LogP contribution in [-0.2, 0) is 10.0 Å². The minimum Gasteiger partial charge on any atom is -0.351 e. The van der Waals surface area contributed by atoms with Crippen molar-refractivity contribution in [1.82, 2.24) is 15.5 Å². The van der Waals surface area contributed by atoms with Gasteiger partial charge in [0.2, 0.25) is 10.0 Å². The Morgan fingerprint density at radius 3 is 2.75 bits per heavy atom. The molecule has 0 saturated carbocycles. The quantitative estimate of drug-likeness (QED) is 0.631. The van der Waals surface area contributed by atoms with Gasteiger partial charge >= 0.3 is 0 Å². The average Bonchev–Trinajstić information content (AvgIpc) is 2.55. The Bertz CT molecular complexity index is 642. The molecule has 1 aliphatic rings. The number of carbonyl (C=O) groups is 1. The topological polar surface area (TPSA) is 90.5 Å². The van der Waals surface area contributed by atoms with Crippen molar-refractivity contribution in [2.45, 2.75) is 13.3 Å². The number of anilines is 1. The van der Waals surface area contributed by atoms with Crippen LogP contribution in [0.5, 0.6) is 0 Å². The number of nitrogens with one attached hydrogen (secondary N) is 3. The molecule has 0 atom stereocenters. The molecule has 24 heavy (non-hydrogen) atoms. The number of hydrogen-bond acceptors (Lipinski definition) is 5. The minimum atomic E-state index is -3.35. The van der Waals surface area contributed by atoms with Gasteiger partial charge in [-0.15, -0.1) is 0 Å². The molecule has 3 N–H and O–H groups in total. The molecule has 1 fully saturated rings. The monoisotopic (exact) mass is 354 g/mol. The number of nitrogens with zero attached hydrogens (tertiary/aromatic N) is 1. The number of benzene rings is 1. The predicted octanol–water partition coefficient (Wildman–Crippen LogP) is 0.473. The van der Waals surface area contributed by atoms with E-state index in [1.54, 1.807) is 24.3 Å². The predicted molar refractivity (Wildman–Crippen MR) is 95.8 cm³/mol. The van der Waals surface area contributed by atoms with Crippen LogP contribution in [0, 0.1) is 0 Å². The largest absolute Gasteiger partial charge is 0.351 e. The summed E-state index contributed by atoms with van der Waals surface area (Å²) < 4.78 is 26.1. The van der Waals surface area contributed by atoms with Crippen LogP contribution < -0.4 is 15.4 Å². The third-order valence-electron chi connectivity index (χ3n) is 3.79. The molecule has 0 aromatic heterocycles. The van der Waals surface area contributed by atoms with Gasteiger partial charge in [0.25, 0.3) is 5.91 Å². The molecule has 0 aliphatic carbocycles. The van der Waals surface area contributed by atoms with E-state index in [9.17, 15) is 13.2 Å². The Balaban J connectivity index is 1.86. The van der Waals surface area contributed by atoms with Crippen molar-refractivity contribution in [1.29, 1.82) is 0 Å². The van der Waals surface area contributed by atoms with Gasteiger partial charge < -0.3 is 10.6 Å². The molecular formula is C16H26N4O3S. The molecule has 1 saturated heterocycles. The number of hydrogen-bond donors (Lipinski definition) is 3. The normalized spacial score (nSPS) is 15.9. The first-order valence-corrected chi connectivity index (χ1v) is 9.97. The molecule has 0 radical (unpaired) electrons. The SMILES string of the molecule is CCCS(=O)(=O)Nc1cccc(C(=O)NCCN2CCNCC2)c1. The molecule has 8 heteroatoms. The highest BCUT2D eigenvalue weighted by Gasteiger charge is 2.12. The van der Waals surface area contributed by atoms with E-state index in [1.165, 1.54) is 0 Å². The molecule has 1 heterocycles. The summed E-state index contributed by atoms with van der Waals surface area (Å²) in [6.07, 6.45) is 0.543. The number of rotatable bonds is 8. The first-order valence-electron chi connectivity index (χ1n) is 8.32. The van der Waals surface area contributed by atoms with E-state index >= 15 is 0 Å². The number of sulfonamides is 1. The fourth-order valence-corrected chi connectivity index (χ4v) is 3.71. The lowest BCUT2D eigenvalue weighted by Gasteiger charge is -2.27. The maximum absolute atomic E-state index is 12.2. The maximum atomic E-state index is 12.2. The van der Waals surface area contributed by atoms with Gasteiger partial charge in [0.05, 0.1) is 5.75 Å². The second kappa shape index (κ2) is 9.00. The van der Waals surface area contributed by atoms with E-state index in [0.717, 1.165) is 32.7 Å². The van der Waals surface area contributed by atoms with Crippen molar-refractivity contribution in [3.63, 3.8) is 0 Å². The summed E-state index contributed by atoms with van der Waals surface area (Å²) in [7, 11) is -3.35. The number of amides is 1. The van der Waals surface area contributed by atoms with E-state index < -0.39 is 10.0 Å². The molecule has 1 aliphatic heterocycles. The van der Waals surface area contributed by atoms with Crippen LogP contribution in [0.4, 0.5) is 5.69 Å². The molecule has 1 amide bonds. The van der Waals surface area contributed by atoms with Gasteiger partial charge in [0.15, 0.2) is 0 Å². The van der Waals surface area contributed by atoms with Gasteiger partial charge in [-0.25, -0.2) is 8.42 Å². The van der Waals surface area contributed by atoms with E-state index in [2.05, 4.69) is 20.3 Å². The highest BCUT2D eigenvalue weighted by molar-refractivity contribution is 7.92. The fourth-order valence-electron chi connectivity index (χ4n) is 2.59.